The lowest BCUT2D eigenvalue weighted by Gasteiger charge is -2.37. The SMILES string of the molecule is O=C(c1cc(NC2CCCCC2)ncn1)N1CCC2(CC1)OCCO2. The predicted molar refractivity (Wildman–Crippen MR) is 92.3 cm³/mol. The Morgan fingerprint density at radius 1 is 1.12 bits per heavy atom. The highest BCUT2D eigenvalue weighted by Gasteiger charge is 2.41. The molecule has 1 spiro atoms. The number of piperidine rings is 1. The normalized spacial score (nSPS) is 23.8. The van der Waals surface area contributed by atoms with Crippen LogP contribution in [-0.2, 0) is 9.47 Å². The van der Waals surface area contributed by atoms with Crippen molar-refractivity contribution in [2.24, 2.45) is 0 Å². The largest absolute Gasteiger partial charge is 0.367 e. The zero-order valence-electron chi connectivity index (χ0n) is 14.6. The molecule has 7 nitrogen and oxygen atoms in total. The molecular weight excluding hydrogens is 320 g/mol. The van der Waals surface area contributed by atoms with Crippen molar-refractivity contribution in [1.82, 2.24) is 14.9 Å². The van der Waals surface area contributed by atoms with Crippen LogP contribution in [0.25, 0.3) is 0 Å². The molecule has 0 bridgehead atoms. The van der Waals surface area contributed by atoms with Crippen molar-refractivity contribution in [2.45, 2.75) is 56.8 Å². The minimum Gasteiger partial charge on any atom is -0.367 e. The molecule has 1 saturated carbocycles. The van der Waals surface area contributed by atoms with Gasteiger partial charge in [-0.1, -0.05) is 19.3 Å². The highest BCUT2D eigenvalue weighted by atomic mass is 16.7. The van der Waals surface area contributed by atoms with Gasteiger partial charge >= 0.3 is 0 Å². The molecule has 2 aliphatic heterocycles. The Labute approximate surface area is 148 Å². The van der Waals surface area contributed by atoms with Crippen molar-refractivity contribution in [3.63, 3.8) is 0 Å². The molecule has 3 aliphatic rings. The van der Waals surface area contributed by atoms with Gasteiger partial charge in [-0.3, -0.25) is 4.79 Å². The van der Waals surface area contributed by atoms with Gasteiger partial charge in [-0.15, -0.1) is 0 Å². The molecule has 136 valence electrons. The van der Waals surface area contributed by atoms with Gasteiger partial charge in [0.1, 0.15) is 17.8 Å². The number of likely N-dealkylation sites (tertiary alicyclic amines) is 1. The molecule has 7 heteroatoms. The van der Waals surface area contributed by atoms with Gasteiger partial charge in [0.05, 0.1) is 13.2 Å². The monoisotopic (exact) mass is 346 g/mol. The van der Waals surface area contributed by atoms with E-state index in [9.17, 15) is 4.79 Å². The first-order valence-corrected chi connectivity index (χ1v) is 9.40. The number of aromatic nitrogens is 2. The molecule has 1 aliphatic carbocycles. The first-order valence-electron chi connectivity index (χ1n) is 9.40. The lowest BCUT2D eigenvalue weighted by atomic mass is 9.95. The summed E-state index contributed by atoms with van der Waals surface area (Å²) in [6, 6.07) is 2.24. The number of anilines is 1. The van der Waals surface area contributed by atoms with E-state index in [4.69, 9.17) is 9.47 Å². The number of ether oxygens (including phenoxy) is 2. The zero-order chi connectivity index (χ0) is 17.1. The molecule has 4 rings (SSSR count). The number of hydrogen-bond donors (Lipinski definition) is 1. The van der Waals surface area contributed by atoms with Gasteiger partial charge < -0.3 is 19.7 Å². The minimum absolute atomic E-state index is 0.0399. The topological polar surface area (TPSA) is 76.6 Å². The van der Waals surface area contributed by atoms with E-state index in [-0.39, 0.29) is 5.91 Å². The summed E-state index contributed by atoms with van der Waals surface area (Å²) in [6.07, 6.45) is 9.09. The molecule has 25 heavy (non-hydrogen) atoms. The van der Waals surface area contributed by atoms with Crippen LogP contribution >= 0.6 is 0 Å². The zero-order valence-corrected chi connectivity index (χ0v) is 14.6. The summed E-state index contributed by atoms with van der Waals surface area (Å²) < 4.78 is 11.4. The van der Waals surface area contributed by atoms with E-state index in [1.54, 1.807) is 6.07 Å². The molecule has 2 saturated heterocycles. The third-order valence-electron chi connectivity index (χ3n) is 5.47. The van der Waals surface area contributed by atoms with E-state index in [0.717, 1.165) is 18.7 Å². The fourth-order valence-corrected chi connectivity index (χ4v) is 4.01. The molecule has 1 aromatic heterocycles. The van der Waals surface area contributed by atoms with E-state index in [1.807, 2.05) is 4.90 Å². The van der Waals surface area contributed by atoms with Crippen LogP contribution in [0.1, 0.15) is 55.4 Å². The second kappa shape index (κ2) is 7.25. The standard InChI is InChI=1S/C18H26N4O3/c23-17(22-8-6-18(7-9-22)24-10-11-25-18)15-12-16(20-13-19-15)21-14-4-2-1-3-5-14/h12-14H,1-11H2,(H,19,20,21). The second-order valence-electron chi connectivity index (χ2n) is 7.17. The van der Waals surface area contributed by atoms with Crippen LogP contribution in [0, 0.1) is 0 Å². The summed E-state index contributed by atoms with van der Waals surface area (Å²) in [4.78, 5) is 23.1. The molecule has 1 aromatic rings. The number of nitrogens with zero attached hydrogens (tertiary/aromatic N) is 3. The average molecular weight is 346 g/mol. The molecular formula is C18H26N4O3. The molecule has 3 heterocycles. The van der Waals surface area contributed by atoms with Crippen LogP contribution in [-0.4, -0.2) is 58.9 Å². The van der Waals surface area contributed by atoms with Gasteiger partial charge in [-0.25, -0.2) is 9.97 Å². The Balaban J connectivity index is 1.37. The second-order valence-corrected chi connectivity index (χ2v) is 7.17. The third-order valence-corrected chi connectivity index (χ3v) is 5.47. The Bertz CT molecular complexity index is 602. The maximum atomic E-state index is 12.8. The van der Waals surface area contributed by atoms with Gasteiger partial charge in [0.25, 0.3) is 5.91 Å². The highest BCUT2D eigenvalue weighted by molar-refractivity contribution is 5.93. The number of rotatable bonds is 3. The van der Waals surface area contributed by atoms with Crippen LogP contribution in [0.5, 0.6) is 0 Å². The lowest BCUT2D eigenvalue weighted by molar-refractivity contribution is -0.181. The third kappa shape index (κ3) is 3.77. The Morgan fingerprint density at radius 3 is 2.56 bits per heavy atom. The van der Waals surface area contributed by atoms with Crippen molar-refractivity contribution in [1.29, 1.82) is 0 Å². The summed E-state index contributed by atoms with van der Waals surface area (Å²) in [5, 5.41) is 3.46. The fraction of sp³-hybridized carbons (Fsp3) is 0.722. The first kappa shape index (κ1) is 16.7. The summed E-state index contributed by atoms with van der Waals surface area (Å²) in [7, 11) is 0. The van der Waals surface area contributed by atoms with Gasteiger partial charge in [-0.2, -0.15) is 0 Å². The Kier molecular flexibility index (Phi) is 4.85. The fourth-order valence-electron chi connectivity index (χ4n) is 4.01. The van der Waals surface area contributed by atoms with E-state index in [1.165, 1.54) is 38.4 Å². The van der Waals surface area contributed by atoms with Crippen LogP contribution in [0.15, 0.2) is 12.4 Å². The maximum Gasteiger partial charge on any atom is 0.272 e. The number of carbonyl (C=O) groups excluding carboxylic acids is 1. The maximum absolute atomic E-state index is 12.8. The Hall–Kier alpha value is -1.73. The summed E-state index contributed by atoms with van der Waals surface area (Å²) in [5.74, 6) is 0.249. The smallest absolute Gasteiger partial charge is 0.272 e. The Morgan fingerprint density at radius 2 is 1.84 bits per heavy atom. The average Bonchev–Trinajstić information content (AvgIpc) is 3.11. The molecule has 1 N–H and O–H groups in total. The summed E-state index contributed by atoms with van der Waals surface area (Å²) in [5.41, 5.74) is 0.456. The number of carbonyl (C=O) groups is 1. The van der Waals surface area contributed by atoms with E-state index in [0.29, 0.717) is 38.0 Å². The molecule has 0 atom stereocenters. The van der Waals surface area contributed by atoms with E-state index < -0.39 is 5.79 Å². The number of amides is 1. The summed E-state index contributed by atoms with van der Waals surface area (Å²) in [6.45, 7) is 2.56. The number of nitrogens with one attached hydrogen (secondary N) is 1. The van der Waals surface area contributed by atoms with Gasteiger partial charge in [0.15, 0.2) is 5.79 Å². The van der Waals surface area contributed by atoms with Crippen LogP contribution in [0.3, 0.4) is 0 Å². The quantitative estimate of drug-likeness (QED) is 0.904. The molecule has 0 aromatic carbocycles. The number of hydrogen-bond acceptors (Lipinski definition) is 6. The van der Waals surface area contributed by atoms with Gasteiger partial charge in [0.2, 0.25) is 0 Å². The van der Waals surface area contributed by atoms with Crippen molar-refractivity contribution in [3.05, 3.63) is 18.1 Å². The summed E-state index contributed by atoms with van der Waals surface area (Å²) >= 11 is 0. The van der Waals surface area contributed by atoms with Crippen molar-refractivity contribution < 1.29 is 14.3 Å². The van der Waals surface area contributed by atoms with E-state index in [2.05, 4.69) is 15.3 Å². The van der Waals surface area contributed by atoms with Crippen molar-refractivity contribution in [2.75, 3.05) is 31.6 Å². The molecule has 0 unspecified atom stereocenters. The van der Waals surface area contributed by atoms with Crippen LogP contribution in [0.2, 0.25) is 0 Å². The van der Waals surface area contributed by atoms with E-state index >= 15 is 0 Å². The predicted octanol–water partition coefficient (Wildman–Crippen LogP) is 2.20. The molecule has 0 radical (unpaired) electrons. The van der Waals surface area contributed by atoms with Crippen LogP contribution < -0.4 is 5.32 Å². The minimum atomic E-state index is -0.462. The lowest BCUT2D eigenvalue weighted by Crippen LogP contribution is -2.47. The van der Waals surface area contributed by atoms with Crippen molar-refractivity contribution in [3.8, 4) is 0 Å². The van der Waals surface area contributed by atoms with Gasteiger partial charge in [0, 0.05) is 38.0 Å². The first-order chi connectivity index (χ1) is 12.2. The highest BCUT2D eigenvalue weighted by Crippen LogP contribution is 2.31. The molecule has 1 amide bonds. The molecule has 3 fully saturated rings. The van der Waals surface area contributed by atoms with Crippen molar-refractivity contribution >= 4 is 11.7 Å². The van der Waals surface area contributed by atoms with Gasteiger partial charge in [-0.05, 0) is 12.8 Å². The van der Waals surface area contributed by atoms with Crippen LogP contribution in [0.4, 0.5) is 5.82 Å².